The smallest absolute Gasteiger partial charge is 0.187 e. The molecule has 4 aliphatic heterocycles. The minimum atomic E-state index is -1.05. The van der Waals surface area contributed by atoms with Crippen molar-refractivity contribution in [2.24, 2.45) is 28.3 Å². The number of benzene rings is 2. The molecule has 0 aromatic heterocycles. The molecule has 0 unspecified atom stereocenters. The number of aliphatic imine (C=N–C) groups is 1. The summed E-state index contributed by atoms with van der Waals surface area (Å²) < 4.78 is 12.7. The number of nitrogens with zero attached hydrogens (tertiary/aromatic N) is 2. The average molecular weight is 705 g/mol. The number of nitrogens with two attached hydrogens (primary N) is 2. The number of rotatable bonds is 14. The SMILES string of the molecule is CCCCC[C@@H](O)[C@@H](CCCCC)C(=O)CCc1ccc2c(c1)O[C@@H]1[C@H](C#C[C@@H](O)c3ccc(C(N)N)cc3CC3=C4CN1C=C4N=C3)CC#CO2. The molecule has 4 aliphatic rings. The van der Waals surface area contributed by atoms with Gasteiger partial charge in [-0.15, -0.1) is 0 Å². The van der Waals surface area contributed by atoms with Crippen molar-refractivity contribution >= 4 is 12.0 Å². The Labute approximate surface area is 308 Å². The number of allylic oxidation sites excluding steroid dienone is 1. The number of hydrogen-bond donors (Lipinski definition) is 4. The van der Waals surface area contributed by atoms with Gasteiger partial charge in [-0.25, -0.2) is 0 Å². The van der Waals surface area contributed by atoms with Gasteiger partial charge in [0.15, 0.2) is 17.7 Å². The molecule has 0 fully saturated rings. The second-order valence-corrected chi connectivity index (χ2v) is 14.4. The van der Waals surface area contributed by atoms with Crippen LogP contribution in [0.5, 0.6) is 11.5 Å². The molecule has 0 saturated carbocycles. The van der Waals surface area contributed by atoms with E-state index in [1.54, 1.807) is 0 Å². The van der Waals surface area contributed by atoms with E-state index in [1.165, 1.54) is 0 Å². The lowest BCUT2D eigenvalue weighted by Gasteiger charge is -2.32. The molecule has 274 valence electrons. The van der Waals surface area contributed by atoms with Gasteiger partial charge in [0, 0.05) is 43.3 Å². The number of carbonyl (C=O) groups is 1. The van der Waals surface area contributed by atoms with Crippen LogP contribution in [-0.4, -0.2) is 46.0 Å². The standard InChI is InChI=1S/C43H52N4O5/c1-3-5-7-11-34(37(48)12-8-6-4-2)39(50)18-13-28-14-20-40-41(22-28)52-43-29(10-9-21-51-40)16-19-38(49)33-17-15-30(42(44)45)23-31(33)24-32-25-46-36-27-47(43)26-35(32)36/h14-15,17,20,22-23,25,27,29,34,37-38,42-43,48-49H,3-8,10-13,18,24,26,44-45H2,1-2H3/t29-,34+,37+,38+,43+/m0/s1. The Kier molecular flexibility index (Phi) is 12.5. The van der Waals surface area contributed by atoms with Crippen molar-refractivity contribution in [3.8, 4) is 35.4 Å². The number of fused-ring (bicyclic) bond motifs is 5. The van der Waals surface area contributed by atoms with E-state index in [9.17, 15) is 15.0 Å². The first-order valence-corrected chi connectivity index (χ1v) is 19.0. The molecule has 2 aromatic carbocycles. The van der Waals surface area contributed by atoms with E-state index < -0.39 is 30.5 Å². The number of ether oxygens (including phenoxy) is 2. The summed E-state index contributed by atoms with van der Waals surface area (Å²) in [6.45, 7) is 4.86. The van der Waals surface area contributed by atoms with Crippen LogP contribution in [0.2, 0.25) is 0 Å². The van der Waals surface area contributed by atoms with Crippen molar-refractivity contribution in [1.82, 2.24) is 4.90 Å². The van der Waals surface area contributed by atoms with Crippen molar-refractivity contribution in [1.29, 1.82) is 0 Å². The molecule has 2 aromatic rings. The number of unbranched alkanes of at least 4 members (excludes halogenated alkanes) is 4. The van der Waals surface area contributed by atoms with Crippen molar-refractivity contribution in [2.75, 3.05) is 6.54 Å². The molecule has 0 spiro atoms. The number of Topliss-reactive ketones (excluding diaryl/α,β-unsaturated/α-hetero) is 1. The quantitative estimate of drug-likeness (QED) is 0.104. The molecule has 6 N–H and O–H groups in total. The first-order valence-electron chi connectivity index (χ1n) is 19.0. The highest BCUT2D eigenvalue weighted by Gasteiger charge is 2.36. The molecule has 4 heterocycles. The molecule has 9 heteroatoms. The molecule has 52 heavy (non-hydrogen) atoms. The van der Waals surface area contributed by atoms with Crippen molar-refractivity contribution in [3.05, 3.63) is 81.7 Å². The lowest BCUT2D eigenvalue weighted by atomic mass is 9.86. The van der Waals surface area contributed by atoms with Gasteiger partial charge in [-0.3, -0.25) is 9.79 Å². The van der Waals surface area contributed by atoms with Gasteiger partial charge in [0.1, 0.15) is 18.0 Å². The fourth-order valence-electron chi connectivity index (χ4n) is 7.49. The molecule has 2 bridgehead atoms. The summed E-state index contributed by atoms with van der Waals surface area (Å²) in [7, 11) is 0. The lowest BCUT2D eigenvalue weighted by Crippen LogP contribution is -2.41. The van der Waals surface area contributed by atoms with E-state index >= 15 is 0 Å². The lowest BCUT2D eigenvalue weighted by molar-refractivity contribution is -0.126. The van der Waals surface area contributed by atoms with Crippen LogP contribution in [0.1, 0.15) is 113 Å². The third kappa shape index (κ3) is 8.80. The summed E-state index contributed by atoms with van der Waals surface area (Å²) in [6.07, 6.45) is 13.2. The predicted molar refractivity (Wildman–Crippen MR) is 203 cm³/mol. The van der Waals surface area contributed by atoms with Crippen LogP contribution in [-0.2, 0) is 17.6 Å². The van der Waals surface area contributed by atoms with Gasteiger partial charge in [0.25, 0.3) is 0 Å². The molecular formula is C43H52N4O5. The van der Waals surface area contributed by atoms with Crippen LogP contribution in [0.4, 0.5) is 0 Å². The largest absolute Gasteiger partial charge is 0.465 e. The zero-order valence-corrected chi connectivity index (χ0v) is 30.4. The van der Waals surface area contributed by atoms with Gasteiger partial charge in [0.05, 0.1) is 23.9 Å². The topological polar surface area (TPSA) is 144 Å². The second-order valence-electron chi connectivity index (χ2n) is 14.4. The van der Waals surface area contributed by atoms with E-state index in [-0.39, 0.29) is 11.7 Å². The zero-order chi connectivity index (χ0) is 36.6. The number of aryl methyl sites for hydroxylation is 1. The van der Waals surface area contributed by atoms with E-state index in [0.29, 0.717) is 55.7 Å². The Morgan fingerprint density at radius 3 is 2.63 bits per heavy atom. The molecule has 6 rings (SSSR count). The maximum atomic E-state index is 13.6. The van der Waals surface area contributed by atoms with E-state index in [1.807, 2.05) is 48.8 Å². The van der Waals surface area contributed by atoms with Crippen LogP contribution < -0.4 is 20.9 Å². The van der Waals surface area contributed by atoms with Crippen LogP contribution in [0.25, 0.3) is 0 Å². The first kappa shape index (κ1) is 37.4. The zero-order valence-electron chi connectivity index (χ0n) is 30.4. The Balaban J connectivity index is 1.26. The Bertz CT molecular complexity index is 1840. The Hall–Kier alpha value is -4.38. The van der Waals surface area contributed by atoms with Gasteiger partial charge < -0.3 is 36.1 Å². The van der Waals surface area contributed by atoms with Gasteiger partial charge >= 0.3 is 0 Å². The third-order valence-corrected chi connectivity index (χ3v) is 10.6. The predicted octanol–water partition coefficient (Wildman–Crippen LogP) is 6.14. The van der Waals surface area contributed by atoms with Crippen molar-refractivity contribution in [2.45, 2.75) is 115 Å². The van der Waals surface area contributed by atoms with E-state index in [2.05, 4.69) is 42.6 Å². The van der Waals surface area contributed by atoms with Crippen molar-refractivity contribution in [3.63, 3.8) is 0 Å². The van der Waals surface area contributed by atoms with Crippen LogP contribution in [0.15, 0.2) is 64.4 Å². The summed E-state index contributed by atoms with van der Waals surface area (Å²) in [6, 6.07) is 11.4. The number of ketones is 1. The van der Waals surface area contributed by atoms with Gasteiger partial charge in [0.2, 0.25) is 0 Å². The fraction of sp³-hybridized carbons (Fsp3) is 0.488. The molecule has 0 saturated heterocycles. The van der Waals surface area contributed by atoms with Gasteiger partial charge in [-0.1, -0.05) is 94.4 Å². The van der Waals surface area contributed by atoms with Crippen LogP contribution in [0, 0.1) is 35.7 Å². The summed E-state index contributed by atoms with van der Waals surface area (Å²) in [5.74, 6) is 9.88. The van der Waals surface area contributed by atoms with E-state index in [0.717, 1.165) is 78.5 Å². The third-order valence-electron chi connectivity index (χ3n) is 10.6. The van der Waals surface area contributed by atoms with Crippen LogP contribution >= 0.6 is 0 Å². The Morgan fingerprint density at radius 1 is 1.04 bits per heavy atom. The minimum absolute atomic E-state index is 0.114. The molecule has 9 nitrogen and oxygen atoms in total. The van der Waals surface area contributed by atoms with Crippen LogP contribution in [0.3, 0.4) is 0 Å². The normalized spacial score (nSPS) is 21.2. The first-order chi connectivity index (χ1) is 25.2. The summed E-state index contributed by atoms with van der Waals surface area (Å²) in [5.41, 5.74) is 18.4. The number of aliphatic hydroxyl groups is 2. The maximum Gasteiger partial charge on any atom is 0.187 e. The van der Waals surface area contributed by atoms with Gasteiger partial charge in [-0.2, -0.15) is 0 Å². The molecule has 0 aliphatic carbocycles. The number of carbonyl (C=O) groups excluding carboxylic acids is 1. The van der Waals surface area contributed by atoms with Gasteiger partial charge in [-0.05, 0) is 65.6 Å². The molecule has 0 amide bonds. The summed E-state index contributed by atoms with van der Waals surface area (Å²) in [4.78, 5) is 20.4. The fourth-order valence-corrected chi connectivity index (χ4v) is 7.49. The minimum Gasteiger partial charge on any atom is -0.465 e. The maximum absolute atomic E-state index is 13.6. The average Bonchev–Trinajstić information content (AvgIpc) is 3.74. The number of aliphatic hydroxyl groups excluding tert-OH is 2. The van der Waals surface area contributed by atoms with E-state index in [4.69, 9.17) is 25.9 Å². The second kappa shape index (κ2) is 17.4. The molecule has 5 atom stereocenters. The Morgan fingerprint density at radius 2 is 1.85 bits per heavy atom. The molecular weight excluding hydrogens is 652 g/mol. The highest BCUT2D eigenvalue weighted by atomic mass is 16.5. The summed E-state index contributed by atoms with van der Waals surface area (Å²) >= 11 is 0. The molecule has 0 radical (unpaired) electrons. The highest BCUT2D eigenvalue weighted by molar-refractivity contribution is 5.87. The summed E-state index contributed by atoms with van der Waals surface area (Å²) in [5, 5.41) is 22.4. The monoisotopic (exact) mass is 704 g/mol. The number of hydrogen-bond acceptors (Lipinski definition) is 9. The van der Waals surface area contributed by atoms with Crippen molar-refractivity contribution < 1.29 is 24.5 Å². The highest BCUT2D eigenvalue weighted by Crippen LogP contribution is 2.38.